The Morgan fingerprint density at radius 3 is 2.36 bits per heavy atom. The number of rotatable bonds is 1. The molecule has 0 saturated carbocycles. The Hall–Kier alpha value is -0.670. The van der Waals surface area contributed by atoms with E-state index in [9.17, 15) is 4.39 Å². The topological polar surface area (TPSA) is 0 Å². The van der Waals surface area contributed by atoms with Crippen LogP contribution in [0.2, 0.25) is 0 Å². The molecule has 0 radical (unpaired) electrons. The van der Waals surface area contributed by atoms with E-state index in [0.717, 1.165) is 14.9 Å². The molecule has 2 rings (SSSR count). The van der Waals surface area contributed by atoms with Gasteiger partial charge in [-0.3, -0.25) is 0 Å². The van der Waals surface area contributed by atoms with E-state index < -0.39 is 0 Å². The molecule has 0 fully saturated rings. The first-order chi connectivity index (χ1) is 6.66. The molecule has 1 heterocycles. The molecule has 0 saturated heterocycles. The minimum atomic E-state index is -0.193. The molecule has 0 aliphatic carbocycles. The van der Waals surface area contributed by atoms with Gasteiger partial charge in [-0.1, -0.05) is 12.1 Å². The molecular formula is C11H8BrFS. The first kappa shape index (κ1) is 9.87. The fourth-order valence-corrected chi connectivity index (χ4v) is 2.76. The fraction of sp³-hybridized carbons (Fsp3) is 0.0909. The summed E-state index contributed by atoms with van der Waals surface area (Å²) in [5, 5.41) is 0. The standard InChI is InChI=1S/C11H8BrFS/c1-7-10(12)6-11(14-7)8-2-4-9(13)5-3-8/h2-6H,1H3. The lowest BCUT2D eigenvalue weighted by Gasteiger charge is -1.95. The average Bonchev–Trinajstić information content (AvgIpc) is 2.48. The van der Waals surface area contributed by atoms with Crippen molar-refractivity contribution in [3.63, 3.8) is 0 Å². The monoisotopic (exact) mass is 270 g/mol. The number of halogens is 2. The molecular weight excluding hydrogens is 263 g/mol. The molecule has 0 aliphatic heterocycles. The Balaban J connectivity index is 2.44. The van der Waals surface area contributed by atoms with Gasteiger partial charge in [0.25, 0.3) is 0 Å². The van der Waals surface area contributed by atoms with Crippen molar-refractivity contribution >= 4 is 27.3 Å². The van der Waals surface area contributed by atoms with Crippen molar-refractivity contribution < 1.29 is 4.39 Å². The maximum atomic E-state index is 12.7. The van der Waals surface area contributed by atoms with Crippen molar-refractivity contribution in [3.8, 4) is 10.4 Å². The molecule has 0 aliphatic rings. The van der Waals surface area contributed by atoms with Crippen LogP contribution in [0, 0.1) is 12.7 Å². The normalized spacial score (nSPS) is 10.5. The summed E-state index contributed by atoms with van der Waals surface area (Å²) >= 11 is 5.17. The van der Waals surface area contributed by atoms with E-state index in [1.807, 2.05) is 0 Å². The van der Waals surface area contributed by atoms with Crippen LogP contribution in [-0.4, -0.2) is 0 Å². The maximum Gasteiger partial charge on any atom is 0.123 e. The predicted molar refractivity (Wildman–Crippen MR) is 62.2 cm³/mol. The van der Waals surface area contributed by atoms with Gasteiger partial charge < -0.3 is 0 Å². The van der Waals surface area contributed by atoms with Gasteiger partial charge in [0.05, 0.1) is 0 Å². The molecule has 14 heavy (non-hydrogen) atoms. The average molecular weight is 271 g/mol. The minimum Gasteiger partial charge on any atom is -0.207 e. The molecule has 72 valence electrons. The van der Waals surface area contributed by atoms with E-state index in [-0.39, 0.29) is 5.82 Å². The Morgan fingerprint density at radius 2 is 1.86 bits per heavy atom. The third-order valence-corrected chi connectivity index (χ3v) is 4.17. The summed E-state index contributed by atoms with van der Waals surface area (Å²) in [4.78, 5) is 2.40. The number of aryl methyl sites for hydroxylation is 1. The molecule has 0 N–H and O–H groups in total. The lowest BCUT2D eigenvalue weighted by atomic mass is 10.2. The van der Waals surface area contributed by atoms with E-state index in [4.69, 9.17) is 0 Å². The second-order valence-electron chi connectivity index (χ2n) is 3.02. The van der Waals surface area contributed by atoms with Gasteiger partial charge in [0.1, 0.15) is 5.82 Å². The Morgan fingerprint density at radius 1 is 1.21 bits per heavy atom. The molecule has 1 aromatic heterocycles. The van der Waals surface area contributed by atoms with E-state index >= 15 is 0 Å². The molecule has 3 heteroatoms. The maximum absolute atomic E-state index is 12.7. The van der Waals surface area contributed by atoms with E-state index in [1.165, 1.54) is 17.0 Å². The largest absolute Gasteiger partial charge is 0.207 e. The molecule has 0 bridgehead atoms. The van der Waals surface area contributed by atoms with Crippen molar-refractivity contribution in [3.05, 3.63) is 45.5 Å². The highest BCUT2D eigenvalue weighted by atomic mass is 79.9. The minimum absolute atomic E-state index is 0.193. The molecule has 0 spiro atoms. The number of hydrogen-bond donors (Lipinski definition) is 0. The van der Waals surface area contributed by atoms with Crippen molar-refractivity contribution in [2.45, 2.75) is 6.92 Å². The molecule has 1 aromatic carbocycles. The smallest absolute Gasteiger partial charge is 0.123 e. The highest BCUT2D eigenvalue weighted by molar-refractivity contribution is 9.10. The molecule has 0 unspecified atom stereocenters. The van der Waals surface area contributed by atoms with Gasteiger partial charge in [0.2, 0.25) is 0 Å². The highest BCUT2D eigenvalue weighted by Crippen LogP contribution is 2.33. The van der Waals surface area contributed by atoms with Crippen LogP contribution in [0.3, 0.4) is 0 Å². The number of hydrogen-bond acceptors (Lipinski definition) is 1. The molecule has 0 amide bonds. The van der Waals surface area contributed by atoms with Gasteiger partial charge in [-0.2, -0.15) is 0 Å². The lowest BCUT2D eigenvalue weighted by molar-refractivity contribution is 0.628. The molecule has 2 aromatic rings. The van der Waals surface area contributed by atoms with Crippen LogP contribution in [0.15, 0.2) is 34.8 Å². The van der Waals surface area contributed by atoms with E-state index in [1.54, 1.807) is 23.5 Å². The van der Waals surface area contributed by atoms with E-state index in [2.05, 4.69) is 28.9 Å². The summed E-state index contributed by atoms with van der Waals surface area (Å²) in [7, 11) is 0. The summed E-state index contributed by atoms with van der Waals surface area (Å²) in [6.07, 6.45) is 0. The SMILES string of the molecule is Cc1sc(-c2ccc(F)cc2)cc1Br. The van der Waals surface area contributed by atoms with Crippen molar-refractivity contribution in [1.29, 1.82) is 0 Å². The van der Waals surface area contributed by atoms with Gasteiger partial charge >= 0.3 is 0 Å². The van der Waals surface area contributed by atoms with Gasteiger partial charge in [-0.15, -0.1) is 11.3 Å². The summed E-state index contributed by atoms with van der Waals surface area (Å²) in [6.45, 7) is 2.06. The summed E-state index contributed by atoms with van der Waals surface area (Å²) < 4.78 is 13.8. The second-order valence-corrected chi connectivity index (χ2v) is 5.13. The van der Waals surface area contributed by atoms with Crippen molar-refractivity contribution in [1.82, 2.24) is 0 Å². The summed E-state index contributed by atoms with van der Waals surface area (Å²) in [5.74, 6) is -0.193. The Bertz CT molecular complexity index is 425. The van der Waals surface area contributed by atoms with E-state index in [0.29, 0.717) is 0 Å². The third-order valence-electron chi connectivity index (χ3n) is 1.99. The first-order valence-electron chi connectivity index (χ1n) is 4.18. The number of thiophene rings is 1. The summed E-state index contributed by atoms with van der Waals surface area (Å²) in [5.41, 5.74) is 1.06. The van der Waals surface area contributed by atoms with Gasteiger partial charge in [0, 0.05) is 14.2 Å². The first-order valence-corrected chi connectivity index (χ1v) is 5.79. The van der Waals surface area contributed by atoms with Crippen molar-refractivity contribution in [2.24, 2.45) is 0 Å². The summed E-state index contributed by atoms with van der Waals surface area (Å²) in [6, 6.07) is 8.63. The van der Waals surface area contributed by atoms with Crippen LogP contribution in [0.4, 0.5) is 4.39 Å². The van der Waals surface area contributed by atoms with Crippen LogP contribution in [-0.2, 0) is 0 Å². The van der Waals surface area contributed by atoms with Crippen LogP contribution >= 0.6 is 27.3 Å². The van der Waals surface area contributed by atoms with Crippen LogP contribution in [0.5, 0.6) is 0 Å². The molecule has 0 atom stereocenters. The van der Waals surface area contributed by atoms with Crippen LogP contribution in [0.25, 0.3) is 10.4 Å². The zero-order valence-corrected chi connectivity index (χ0v) is 9.95. The predicted octanol–water partition coefficient (Wildman–Crippen LogP) is 4.63. The Labute approximate surface area is 94.5 Å². The second kappa shape index (κ2) is 3.83. The van der Waals surface area contributed by atoms with Crippen LogP contribution < -0.4 is 0 Å². The fourth-order valence-electron chi connectivity index (χ4n) is 1.22. The Kier molecular flexibility index (Phi) is 2.70. The molecule has 0 nitrogen and oxygen atoms in total. The highest BCUT2D eigenvalue weighted by Gasteiger charge is 2.04. The van der Waals surface area contributed by atoms with Gasteiger partial charge in [-0.05, 0) is 46.6 Å². The third kappa shape index (κ3) is 1.88. The van der Waals surface area contributed by atoms with Gasteiger partial charge in [-0.25, -0.2) is 4.39 Å². The zero-order chi connectivity index (χ0) is 10.1. The lowest BCUT2D eigenvalue weighted by Crippen LogP contribution is -1.73. The zero-order valence-electron chi connectivity index (χ0n) is 7.55. The quantitative estimate of drug-likeness (QED) is 0.709. The van der Waals surface area contributed by atoms with Crippen molar-refractivity contribution in [2.75, 3.05) is 0 Å². The van der Waals surface area contributed by atoms with Gasteiger partial charge in [0.15, 0.2) is 0 Å². The number of benzene rings is 1. The van der Waals surface area contributed by atoms with Crippen LogP contribution in [0.1, 0.15) is 4.88 Å².